The van der Waals surface area contributed by atoms with E-state index in [9.17, 15) is 9.90 Å². The van der Waals surface area contributed by atoms with Crippen molar-refractivity contribution in [3.8, 4) is 0 Å². The highest BCUT2D eigenvalue weighted by molar-refractivity contribution is 7.09. The van der Waals surface area contributed by atoms with Gasteiger partial charge in [-0.25, -0.2) is 4.98 Å². The molecule has 1 aromatic carbocycles. The number of carbonyl (C=O) groups is 1. The van der Waals surface area contributed by atoms with Gasteiger partial charge in [0.1, 0.15) is 0 Å². The second kappa shape index (κ2) is 7.03. The number of aliphatic hydroxyl groups is 1. The highest BCUT2D eigenvalue weighted by Gasteiger charge is 2.18. The third-order valence-electron chi connectivity index (χ3n) is 3.30. The molecule has 0 fully saturated rings. The van der Waals surface area contributed by atoms with Crippen LogP contribution in [0.15, 0.2) is 29.6 Å². The summed E-state index contributed by atoms with van der Waals surface area (Å²) in [5.74, 6) is -0.0569. The van der Waals surface area contributed by atoms with Crippen molar-refractivity contribution in [2.45, 2.75) is 45.8 Å². The first-order chi connectivity index (χ1) is 10.4. The van der Waals surface area contributed by atoms with Crippen molar-refractivity contribution in [1.29, 1.82) is 0 Å². The van der Waals surface area contributed by atoms with Crippen LogP contribution in [0.1, 0.15) is 42.6 Å². The Hall–Kier alpha value is -1.72. The number of nitrogens with one attached hydrogen (secondary N) is 1. The molecule has 0 spiro atoms. The minimum Gasteiger partial charge on any atom is -0.392 e. The standard InChI is InChI=1S/C17H22N2O2S/c1-17(2,3)16-19-14(11-22-16)8-15(21)18-9-12-6-4-5-7-13(12)10-20/h4-7,11,20H,8-10H2,1-3H3,(H,18,21). The average Bonchev–Trinajstić information content (AvgIpc) is 2.94. The smallest absolute Gasteiger partial charge is 0.226 e. The second-order valence-electron chi connectivity index (χ2n) is 6.27. The fourth-order valence-electron chi connectivity index (χ4n) is 2.04. The van der Waals surface area contributed by atoms with E-state index < -0.39 is 0 Å². The number of rotatable bonds is 5. The zero-order chi connectivity index (χ0) is 16.2. The molecule has 0 radical (unpaired) electrons. The summed E-state index contributed by atoms with van der Waals surface area (Å²) in [6, 6.07) is 7.54. The number of hydrogen-bond donors (Lipinski definition) is 2. The van der Waals surface area contributed by atoms with Crippen LogP contribution in [0.25, 0.3) is 0 Å². The predicted octanol–water partition coefficient (Wildman–Crippen LogP) is 2.79. The van der Waals surface area contributed by atoms with Gasteiger partial charge in [-0.3, -0.25) is 4.79 Å². The van der Waals surface area contributed by atoms with E-state index in [0.29, 0.717) is 6.54 Å². The van der Waals surface area contributed by atoms with Crippen LogP contribution < -0.4 is 5.32 Å². The van der Waals surface area contributed by atoms with Crippen LogP contribution in [0, 0.1) is 0 Å². The molecule has 1 amide bonds. The highest BCUT2D eigenvalue weighted by atomic mass is 32.1. The van der Waals surface area contributed by atoms with E-state index in [1.54, 1.807) is 11.3 Å². The van der Waals surface area contributed by atoms with Gasteiger partial charge in [-0.1, -0.05) is 45.0 Å². The monoisotopic (exact) mass is 318 g/mol. The van der Waals surface area contributed by atoms with Crippen molar-refractivity contribution in [2.24, 2.45) is 0 Å². The van der Waals surface area contributed by atoms with Crippen LogP contribution in [0.2, 0.25) is 0 Å². The lowest BCUT2D eigenvalue weighted by atomic mass is 9.98. The Kier molecular flexibility index (Phi) is 5.32. The Morgan fingerprint density at radius 2 is 1.95 bits per heavy atom. The number of carbonyl (C=O) groups excluding carboxylic acids is 1. The normalized spacial score (nSPS) is 11.5. The van der Waals surface area contributed by atoms with E-state index in [1.165, 1.54) is 0 Å². The summed E-state index contributed by atoms with van der Waals surface area (Å²) < 4.78 is 0. The molecule has 4 nitrogen and oxygen atoms in total. The van der Waals surface area contributed by atoms with Crippen LogP contribution in [-0.2, 0) is 29.8 Å². The van der Waals surface area contributed by atoms with E-state index in [4.69, 9.17) is 0 Å². The van der Waals surface area contributed by atoms with Gasteiger partial charge in [0.15, 0.2) is 0 Å². The molecule has 2 aromatic rings. The molecule has 0 aliphatic rings. The van der Waals surface area contributed by atoms with E-state index in [0.717, 1.165) is 21.8 Å². The molecule has 0 aliphatic carbocycles. The third kappa shape index (κ3) is 4.39. The summed E-state index contributed by atoms with van der Waals surface area (Å²) in [5, 5.41) is 15.2. The second-order valence-corrected chi connectivity index (χ2v) is 7.13. The largest absolute Gasteiger partial charge is 0.392 e. The van der Waals surface area contributed by atoms with Crippen LogP contribution in [-0.4, -0.2) is 16.0 Å². The Morgan fingerprint density at radius 3 is 2.55 bits per heavy atom. The zero-order valence-corrected chi connectivity index (χ0v) is 14.0. The topological polar surface area (TPSA) is 62.2 Å². The maximum absolute atomic E-state index is 12.0. The Balaban J connectivity index is 1.92. The van der Waals surface area contributed by atoms with Crippen molar-refractivity contribution >= 4 is 17.2 Å². The van der Waals surface area contributed by atoms with Gasteiger partial charge in [-0.05, 0) is 11.1 Å². The zero-order valence-electron chi connectivity index (χ0n) is 13.2. The summed E-state index contributed by atoms with van der Waals surface area (Å²) in [6.07, 6.45) is 0.286. The van der Waals surface area contributed by atoms with Gasteiger partial charge in [0.2, 0.25) is 5.91 Å². The van der Waals surface area contributed by atoms with Crippen molar-refractivity contribution in [1.82, 2.24) is 10.3 Å². The molecule has 0 saturated heterocycles. The molecular formula is C17H22N2O2S. The highest BCUT2D eigenvalue weighted by Crippen LogP contribution is 2.25. The molecule has 0 aliphatic heterocycles. The summed E-state index contributed by atoms with van der Waals surface area (Å²) in [4.78, 5) is 16.6. The average molecular weight is 318 g/mol. The molecule has 1 aromatic heterocycles. The fraction of sp³-hybridized carbons (Fsp3) is 0.412. The van der Waals surface area contributed by atoms with Crippen LogP contribution in [0.3, 0.4) is 0 Å². The molecular weight excluding hydrogens is 296 g/mol. The summed E-state index contributed by atoms with van der Waals surface area (Å²) in [6.45, 7) is 6.74. The molecule has 0 unspecified atom stereocenters. The van der Waals surface area contributed by atoms with Crippen LogP contribution in [0.4, 0.5) is 0 Å². The number of benzene rings is 1. The number of hydrogen-bond acceptors (Lipinski definition) is 4. The van der Waals surface area contributed by atoms with Gasteiger partial charge >= 0.3 is 0 Å². The fourth-order valence-corrected chi connectivity index (χ4v) is 2.94. The number of nitrogens with zero attached hydrogens (tertiary/aromatic N) is 1. The molecule has 1 heterocycles. The molecule has 0 saturated carbocycles. The van der Waals surface area contributed by atoms with Gasteiger partial charge in [-0.15, -0.1) is 11.3 Å². The molecule has 0 bridgehead atoms. The molecule has 2 rings (SSSR count). The van der Waals surface area contributed by atoms with Crippen molar-refractivity contribution in [2.75, 3.05) is 0 Å². The molecule has 0 atom stereocenters. The summed E-state index contributed by atoms with van der Waals surface area (Å²) >= 11 is 1.59. The van der Waals surface area contributed by atoms with E-state index in [-0.39, 0.29) is 24.3 Å². The number of amides is 1. The van der Waals surface area contributed by atoms with Crippen molar-refractivity contribution < 1.29 is 9.90 Å². The minimum absolute atomic E-state index is 0.0134. The van der Waals surface area contributed by atoms with Crippen LogP contribution >= 0.6 is 11.3 Å². The Morgan fingerprint density at radius 1 is 1.27 bits per heavy atom. The Labute approximate surface area is 135 Å². The molecule has 118 valence electrons. The maximum Gasteiger partial charge on any atom is 0.226 e. The van der Waals surface area contributed by atoms with Gasteiger partial charge in [0.25, 0.3) is 0 Å². The lowest BCUT2D eigenvalue weighted by Gasteiger charge is -2.13. The lowest BCUT2D eigenvalue weighted by molar-refractivity contribution is -0.120. The summed E-state index contributed by atoms with van der Waals surface area (Å²) in [7, 11) is 0. The van der Waals surface area contributed by atoms with Gasteiger partial charge in [0.05, 0.1) is 23.7 Å². The SMILES string of the molecule is CC(C)(C)c1nc(CC(=O)NCc2ccccc2CO)cs1. The number of aliphatic hydroxyl groups excluding tert-OH is 1. The number of thiazole rings is 1. The van der Waals surface area contributed by atoms with E-state index in [1.807, 2.05) is 29.6 Å². The van der Waals surface area contributed by atoms with Crippen LogP contribution in [0.5, 0.6) is 0 Å². The van der Waals surface area contributed by atoms with Gasteiger partial charge < -0.3 is 10.4 Å². The minimum atomic E-state index is -0.0569. The third-order valence-corrected chi connectivity index (χ3v) is 4.62. The molecule has 22 heavy (non-hydrogen) atoms. The van der Waals surface area contributed by atoms with E-state index >= 15 is 0 Å². The quantitative estimate of drug-likeness (QED) is 0.891. The predicted molar refractivity (Wildman–Crippen MR) is 88.7 cm³/mol. The first kappa shape index (κ1) is 16.6. The van der Waals surface area contributed by atoms with Gasteiger partial charge in [-0.2, -0.15) is 0 Å². The number of aromatic nitrogens is 1. The first-order valence-corrected chi connectivity index (χ1v) is 8.17. The maximum atomic E-state index is 12.0. The van der Waals surface area contributed by atoms with Crippen molar-refractivity contribution in [3.63, 3.8) is 0 Å². The molecule has 2 N–H and O–H groups in total. The lowest BCUT2D eigenvalue weighted by Crippen LogP contribution is -2.25. The van der Waals surface area contributed by atoms with Gasteiger partial charge in [0, 0.05) is 17.3 Å². The first-order valence-electron chi connectivity index (χ1n) is 7.29. The van der Waals surface area contributed by atoms with E-state index in [2.05, 4.69) is 31.1 Å². The summed E-state index contributed by atoms with van der Waals surface area (Å²) in [5.41, 5.74) is 2.60. The van der Waals surface area contributed by atoms with Crippen molar-refractivity contribution in [3.05, 3.63) is 51.5 Å². The molecule has 5 heteroatoms. The Bertz CT molecular complexity index is 644.